The van der Waals surface area contributed by atoms with Crippen molar-refractivity contribution in [1.29, 1.82) is 0 Å². The third-order valence-corrected chi connectivity index (χ3v) is 12.7. The molecule has 0 radical (unpaired) electrons. The van der Waals surface area contributed by atoms with E-state index in [1.165, 1.54) is 113 Å². The van der Waals surface area contributed by atoms with Crippen LogP contribution in [0.3, 0.4) is 0 Å². The number of likely N-dealkylation sites (N-methyl/N-ethyl adjacent to an activating group) is 1. The molecule has 386 valence electrons. The quantitative estimate of drug-likeness (QED) is 0.0274. The van der Waals surface area contributed by atoms with Crippen molar-refractivity contribution in [2.75, 3.05) is 47.4 Å². The minimum atomic E-state index is -0.136. The number of nitrogens with zero attached hydrogens (tertiary/aromatic N) is 2. The molecule has 0 amide bonds. The van der Waals surface area contributed by atoms with Crippen molar-refractivity contribution in [3.63, 3.8) is 0 Å². The molecule has 1 aromatic heterocycles. The molecule has 0 aromatic carbocycles. The van der Waals surface area contributed by atoms with Crippen LogP contribution in [-0.4, -0.2) is 93.8 Å². The van der Waals surface area contributed by atoms with E-state index in [0.717, 1.165) is 113 Å². The molecule has 1 aliphatic heterocycles. The van der Waals surface area contributed by atoms with Crippen LogP contribution in [0.2, 0.25) is 0 Å². The van der Waals surface area contributed by atoms with Crippen LogP contribution in [0.4, 0.5) is 0 Å². The van der Waals surface area contributed by atoms with E-state index in [1.54, 1.807) is 11.3 Å². The van der Waals surface area contributed by atoms with E-state index >= 15 is 0 Å². The SMILES string of the molecule is CC.CCCCCCCCC(CCCCCC)OC(=O)CCCCC=O.CCCCCCCCCCCOC(=O)CCCCC=O.Cc1sc2c(c1C(=O)OCCCN(C)C)CCN(C)C2. The van der Waals surface area contributed by atoms with Gasteiger partial charge in [-0.05, 0) is 104 Å². The zero-order valence-electron chi connectivity index (χ0n) is 44.3. The first-order valence-corrected chi connectivity index (χ1v) is 27.7. The predicted molar refractivity (Wildman–Crippen MR) is 278 cm³/mol. The lowest BCUT2D eigenvalue weighted by molar-refractivity contribution is -0.150. The Morgan fingerprint density at radius 3 is 1.62 bits per heavy atom. The minimum Gasteiger partial charge on any atom is -0.466 e. The van der Waals surface area contributed by atoms with Crippen LogP contribution in [-0.2, 0) is 46.4 Å². The second-order valence-corrected chi connectivity index (χ2v) is 19.4. The number of aryl methyl sites for hydroxylation is 1. The fourth-order valence-electron chi connectivity index (χ4n) is 7.68. The molecule has 11 heteroatoms. The average Bonchev–Trinajstić information content (AvgIpc) is 3.64. The van der Waals surface area contributed by atoms with Gasteiger partial charge >= 0.3 is 17.9 Å². The molecular weight excluding hydrogens is 849 g/mol. The minimum absolute atomic E-state index is 0.0765. The van der Waals surface area contributed by atoms with Gasteiger partial charge in [0.2, 0.25) is 0 Å². The number of ether oxygens (including phenoxy) is 3. The van der Waals surface area contributed by atoms with Crippen molar-refractivity contribution in [2.45, 2.75) is 253 Å². The molecule has 0 bridgehead atoms. The zero-order chi connectivity index (χ0) is 49.5. The van der Waals surface area contributed by atoms with Gasteiger partial charge in [0.15, 0.2) is 0 Å². The first kappa shape index (κ1) is 65.5. The number of fused-ring (bicyclic) bond motifs is 1. The summed E-state index contributed by atoms with van der Waals surface area (Å²) in [6.45, 7) is 16.7. The van der Waals surface area contributed by atoms with Gasteiger partial charge in [0, 0.05) is 55.1 Å². The Balaban J connectivity index is 0. The fourth-order valence-corrected chi connectivity index (χ4v) is 8.97. The van der Waals surface area contributed by atoms with Crippen molar-refractivity contribution in [1.82, 2.24) is 9.80 Å². The Morgan fingerprint density at radius 2 is 1.11 bits per heavy atom. The number of thiophene rings is 1. The summed E-state index contributed by atoms with van der Waals surface area (Å²) in [7, 11) is 6.17. The van der Waals surface area contributed by atoms with Gasteiger partial charge in [0.05, 0.1) is 18.8 Å². The molecule has 0 N–H and O–H groups in total. The van der Waals surface area contributed by atoms with Crippen LogP contribution >= 0.6 is 11.3 Å². The molecule has 0 fully saturated rings. The second kappa shape index (κ2) is 48.8. The van der Waals surface area contributed by atoms with E-state index < -0.39 is 0 Å². The van der Waals surface area contributed by atoms with Crippen LogP contribution < -0.4 is 0 Å². The van der Waals surface area contributed by atoms with Gasteiger partial charge in [-0.25, -0.2) is 4.79 Å². The highest BCUT2D eigenvalue weighted by atomic mass is 32.1. The summed E-state index contributed by atoms with van der Waals surface area (Å²) in [4.78, 5) is 62.8. The van der Waals surface area contributed by atoms with Crippen molar-refractivity contribution in [2.24, 2.45) is 0 Å². The molecule has 1 aliphatic rings. The molecule has 2 heterocycles. The van der Waals surface area contributed by atoms with Crippen LogP contribution in [0.1, 0.15) is 253 Å². The van der Waals surface area contributed by atoms with Gasteiger partial charge in [0.1, 0.15) is 18.7 Å². The largest absolute Gasteiger partial charge is 0.466 e. The summed E-state index contributed by atoms with van der Waals surface area (Å²) in [6.07, 6.45) is 34.9. The van der Waals surface area contributed by atoms with E-state index in [9.17, 15) is 24.0 Å². The molecule has 66 heavy (non-hydrogen) atoms. The molecule has 0 spiro atoms. The fraction of sp³-hybridized carbons (Fsp3) is 0.836. The van der Waals surface area contributed by atoms with Crippen molar-refractivity contribution >= 4 is 41.8 Å². The Hall–Kier alpha value is -2.63. The molecule has 10 nitrogen and oxygen atoms in total. The summed E-state index contributed by atoms with van der Waals surface area (Å²) < 4.78 is 16.3. The molecule has 1 aromatic rings. The maximum atomic E-state index is 12.3. The Bertz CT molecular complexity index is 1300. The lowest BCUT2D eigenvalue weighted by Gasteiger charge is -2.22. The Labute approximate surface area is 409 Å². The number of rotatable bonds is 38. The highest BCUT2D eigenvalue weighted by molar-refractivity contribution is 7.12. The third-order valence-electron chi connectivity index (χ3n) is 11.6. The number of carbonyl (C=O) groups is 5. The van der Waals surface area contributed by atoms with Crippen molar-refractivity contribution < 1.29 is 38.2 Å². The first-order valence-electron chi connectivity index (χ1n) is 26.9. The average molecular weight is 951 g/mol. The molecule has 2 rings (SSSR count). The maximum Gasteiger partial charge on any atom is 0.339 e. The van der Waals surface area contributed by atoms with Crippen LogP contribution in [0, 0.1) is 6.92 Å². The topological polar surface area (TPSA) is 120 Å². The van der Waals surface area contributed by atoms with Gasteiger partial charge in [-0.3, -0.25) is 9.59 Å². The molecule has 1 unspecified atom stereocenters. The highest BCUT2D eigenvalue weighted by Gasteiger charge is 2.26. The van der Waals surface area contributed by atoms with Gasteiger partial charge in [-0.2, -0.15) is 0 Å². The summed E-state index contributed by atoms with van der Waals surface area (Å²) >= 11 is 1.74. The molecule has 0 saturated carbocycles. The number of esters is 3. The molecular formula is C55H102N2O8S. The monoisotopic (exact) mass is 951 g/mol. The predicted octanol–water partition coefficient (Wildman–Crippen LogP) is 14.4. The normalized spacial score (nSPS) is 12.3. The first-order chi connectivity index (χ1) is 32.0. The third kappa shape index (κ3) is 39.4. The summed E-state index contributed by atoms with van der Waals surface area (Å²) in [5.74, 6) is -0.328. The van der Waals surface area contributed by atoms with E-state index in [-0.39, 0.29) is 24.0 Å². The second-order valence-electron chi connectivity index (χ2n) is 18.1. The Kier molecular flexibility index (Phi) is 48.4. The van der Waals surface area contributed by atoms with E-state index in [2.05, 4.69) is 37.6 Å². The van der Waals surface area contributed by atoms with Crippen LogP contribution in [0.5, 0.6) is 0 Å². The van der Waals surface area contributed by atoms with Gasteiger partial charge in [-0.1, -0.05) is 137 Å². The summed E-state index contributed by atoms with van der Waals surface area (Å²) in [5, 5.41) is 0. The highest BCUT2D eigenvalue weighted by Crippen LogP contribution is 2.33. The number of carbonyl (C=O) groups excluding carboxylic acids is 5. The van der Waals surface area contributed by atoms with Crippen LogP contribution in [0.25, 0.3) is 0 Å². The van der Waals surface area contributed by atoms with Crippen molar-refractivity contribution in [3.05, 3.63) is 20.9 Å². The smallest absolute Gasteiger partial charge is 0.339 e. The Morgan fingerprint density at radius 1 is 0.636 bits per heavy atom. The zero-order valence-corrected chi connectivity index (χ0v) is 45.1. The molecule has 1 atom stereocenters. The lowest BCUT2D eigenvalue weighted by atomic mass is 10.0. The van der Waals surface area contributed by atoms with Crippen LogP contribution in [0.15, 0.2) is 0 Å². The van der Waals surface area contributed by atoms with Gasteiger partial charge < -0.3 is 33.6 Å². The number of hydrogen-bond acceptors (Lipinski definition) is 11. The van der Waals surface area contributed by atoms with E-state index in [0.29, 0.717) is 38.9 Å². The lowest BCUT2D eigenvalue weighted by Crippen LogP contribution is -2.26. The summed E-state index contributed by atoms with van der Waals surface area (Å²) in [5.41, 5.74) is 2.06. The van der Waals surface area contributed by atoms with Gasteiger partial charge in [0.25, 0.3) is 0 Å². The molecule has 0 aliphatic carbocycles. The molecule has 0 saturated heterocycles. The van der Waals surface area contributed by atoms with Gasteiger partial charge in [-0.15, -0.1) is 11.3 Å². The van der Waals surface area contributed by atoms with E-state index in [4.69, 9.17) is 14.2 Å². The van der Waals surface area contributed by atoms with Crippen molar-refractivity contribution in [3.8, 4) is 0 Å². The maximum absolute atomic E-state index is 12.3. The standard InChI is InChI=1S/C21H40O3.C17H32O3.C15H24N2O2S.C2H6/c1-3-5-7-9-10-13-17-20(16-12-8-6-4-2)24-21(23)18-14-11-15-19-22;1-2-3-4-5-6-7-8-9-13-16-20-17(19)14-11-10-12-15-18;1-11-14(15(18)19-9-5-7-16(2)3)12-6-8-17(4)10-13(12)20-11;1-2/h19-20H,3-18H2,1-2H3;15H,2-14,16H2,1H3;5-10H2,1-4H3;1-2H3. The number of hydrogen-bond donors (Lipinski definition) is 0. The number of aldehydes is 2. The van der Waals surface area contributed by atoms with E-state index in [1.807, 2.05) is 34.9 Å². The number of unbranched alkanes of at least 4 members (excludes halogenated alkanes) is 20. The summed E-state index contributed by atoms with van der Waals surface area (Å²) in [6, 6.07) is 0.